The number of benzene rings is 1. The minimum absolute atomic E-state index is 0.148. The van der Waals surface area contributed by atoms with Crippen LogP contribution in [0.5, 0.6) is 0 Å². The van der Waals surface area contributed by atoms with Crippen molar-refractivity contribution in [2.45, 2.75) is 43.5 Å². The molecule has 0 spiro atoms. The molecule has 0 radical (unpaired) electrons. The summed E-state index contributed by atoms with van der Waals surface area (Å²) in [6.45, 7) is 3.76. The number of nitrogens with zero attached hydrogens (tertiary/aromatic N) is 2. The standard InChI is InChI=1S/C16H22N2O2S/c1-2-15-5-3-4-10-18(15)11-12-21(19,20)16-8-6-14(13-17)7-9-16/h6-9,15H,2-5,10-12H2,1H3. The predicted octanol–water partition coefficient (Wildman–Crippen LogP) is 2.60. The first-order valence-electron chi connectivity index (χ1n) is 7.54. The van der Waals surface area contributed by atoms with Crippen LogP contribution in [0.1, 0.15) is 38.2 Å². The molecule has 0 aliphatic carbocycles. The number of sulfone groups is 1. The van der Waals surface area contributed by atoms with Crippen LogP contribution in [-0.4, -0.2) is 38.2 Å². The minimum Gasteiger partial charge on any atom is -0.299 e. The fourth-order valence-electron chi connectivity index (χ4n) is 2.91. The molecule has 1 aromatic rings. The Kier molecular flexibility index (Phi) is 5.38. The van der Waals surface area contributed by atoms with Gasteiger partial charge < -0.3 is 0 Å². The number of rotatable bonds is 5. The lowest BCUT2D eigenvalue weighted by molar-refractivity contribution is 0.153. The maximum atomic E-state index is 12.4. The molecule has 114 valence electrons. The number of likely N-dealkylation sites (tertiary alicyclic amines) is 1. The summed E-state index contributed by atoms with van der Waals surface area (Å²) in [4.78, 5) is 2.62. The Morgan fingerprint density at radius 3 is 2.62 bits per heavy atom. The van der Waals surface area contributed by atoms with Crippen LogP contribution in [0.25, 0.3) is 0 Å². The zero-order valence-corrected chi connectivity index (χ0v) is 13.3. The predicted molar refractivity (Wildman–Crippen MR) is 82.7 cm³/mol. The van der Waals surface area contributed by atoms with Gasteiger partial charge >= 0.3 is 0 Å². The maximum absolute atomic E-state index is 12.4. The molecule has 1 atom stereocenters. The Morgan fingerprint density at radius 2 is 2.00 bits per heavy atom. The number of hydrogen-bond acceptors (Lipinski definition) is 4. The van der Waals surface area contributed by atoms with E-state index in [2.05, 4.69) is 11.8 Å². The average Bonchev–Trinajstić information content (AvgIpc) is 2.53. The normalized spacial score (nSPS) is 20.1. The van der Waals surface area contributed by atoms with Gasteiger partial charge in [0.25, 0.3) is 0 Å². The Hall–Kier alpha value is -1.38. The zero-order chi connectivity index (χ0) is 15.3. The van der Waals surface area contributed by atoms with Crippen molar-refractivity contribution in [3.63, 3.8) is 0 Å². The first-order valence-corrected chi connectivity index (χ1v) is 9.19. The van der Waals surface area contributed by atoms with Gasteiger partial charge in [-0.05, 0) is 50.1 Å². The summed E-state index contributed by atoms with van der Waals surface area (Å²) in [6, 6.07) is 8.70. The molecule has 1 unspecified atom stereocenters. The van der Waals surface area contributed by atoms with Crippen molar-refractivity contribution in [3.8, 4) is 6.07 Å². The Balaban J connectivity index is 2.01. The third-order valence-corrected chi connectivity index (χ3v) is 5.92. The molecule has 2 rings (SSSR count). The van der Waals surface area contributed by atoms with Gasteiger partial charge in [-0.15, -0.1) is 0 Å². The molecule has 0 aromatic heterocycles. The van der Waals surface area contributed by atoms with Gasteiger partial charge in [0, 0.05) is 12.6 Å². The Labute approximate surface area is 127 Å². The summed E-state index contributed by atoms with van der Waals surface area (Å²) < 4.78 is 24.7. The molecule has 21 heavy (non-hydrogen) atoms. The van der Waals surface area contributed by atoms with E-state index in [9.17, 15) is 8.42 Å². The first kappa shape index (κ1) is 16.0. The van der Waals surface area contributed by atoms with E-state index in [1.54, 1.807) is 12.1 Å². The minimum atomic E-state index is -3.27. The van der Waals surface area contributed by atoms with E-state index in [1.165, 1.54) is 25.0 Å². The van der Waals surface area contributed by atoms with Gasteiger partial charge in [0.05, 0.1) is 22.3 Å². The van der Waals surface area contributed by atoms with Crippen LogP contribution in [0, 0.1) is 11.3 Å². The highest BCUT2D eigenvalue weighted by molar-refractivity contribution is 7.91. The smallest absolute Gasteiger partial charge is 0.179 e. The SMILES string of the molecule is CCC1CCCCN1CCS(=O)(=O)c1ccc(C#N)cc1. The van der Waals surface area contributed by atoms with Gasteiger partial charge in [0.1, 0.15) is 0 Å². The summed E-state index contributed by atoms with van der Waals surface area (Å²) in [5.41, 5.74) is 0.482. The second kappa shape index (κ2) is 7.06. The van der Waals surface area contributed by atoms with Crippen LogP contribution < -0.4 is 0 Å². The highest BCUT2D eigenvalue weighted by Crippen LogP contribution is 2.20. The van der Waals surface area contributed by atoms with Crippen LogP contribution in [0.15, 0.2) is 29.2 Å². The molecule has 1 aliphatic rings. The molecule has 1 fully saturated rings. The van der Waals surface area contributed by atoms with E-state index < -0.39 is 9.84 Å². The van der Waals surface area contributed by atoms with Crippen molar-refractivity contribution >= 4 is 9.84 Å². The highest BCUT2D eigenvalue weighted by Gasteiger charge is 2.23. The maximum Gasteiger partial charge on any atom is 0.179 e. The van der Waals surface area contributed by atoms with Crippen LogP contribution in [0.3, 0.4) is 0 Å². The van der Waals surface area contributed by atoms with Crippen LogP contribution in [0.2, 0.25) is 0 Å². The molecule has 1 heterocycles. The quantitative estimate of drug-likeness (QED) is 0.839. The lowest BCUT2D eigenvalue weighted by atomic mass is 10.0. The van der Waals surface area contributed by atoms with Gasteiger partial charge in [-0.1, -0.05) is 13.3 Å². The van der Waals surface area contributed by atoms with Crippen molar-refractivity contribution in [1.82, 2.24) is 4.90 Å². The van der Waals surface area contributed by atoms with Crippen molar-refractivity contribution in [3.05, 3.63) is 29.8 Å². The van der Waals surface area contributed by atoms with Gasteiger partial charge in [-0.25, -0.2) is 8.42 Å². The van der Waals surface area contributed by atoms with E-state index in [4.69, 9.17) is 5.26 Å². The van der Waals surface area contributed by atoms with Crippen molar-refractivity contribution < 1.29 is 8.42 Å². The fourth-order valence-corrected chi connectivity index (χ4v) is 4.17. The third-order valence-electron chi connectivity index (χ3n) is 4.21. The summed E-state index contributed by atoms with van der Waals surface area (Å²) in [6.07, 6.45) is 4.66. The van der Waals surface area contributed by atoms with E-state index >= 15 is 0 Å². The summed E-state index contributed by atoms with van der Waals surface area (Å²) in [7, 11) is -3.27. The van der Waals surface area contributed by atoms with E-state index in [1.807, 2.05) is 6.07 Å². The van der Waals surface area contributed by atoms with Crippen molar-refractivity contribution in [2.24, 2.45) is 0 Å². The largest absolute Gasteiger partial charge is 0.299 e. The van der Waals surface area contributed by atoms with Gasteiger partial charge in [-0.3, -0.25) is 4.90 Å². The summed E-state index contributed by atoms with van der Waals surface area (Å²) >= 11 is 0. The summed E-state index contributed by atoms with van der Waals surface area (Å²) in [5, 5.41) is 8.76. The first-order chi connectivity index (χ1) is 10.1. The average molecular weight is 306 g/mol. The lowest BCUT2D eigenvalue weighted by Gasteiger charge is -2.35. The number of hydrogen-bond donors (Lipinski definition) is 0. The molecule has 1 saturated heterocycles. The van der Waals surface area contributed by atoms with Crippen LogP contribution in [-0.2, 0) is 9.84 Å². The molecule has 4 nitrogen and oxygen atoms in total. The summed E-state index contributed by atoms with van der Waals surface area (Å²) in [5.74, 6) is 0.148. The molecule has 5 heteroatoms. The second-order valence-electron chi connectivity index (χ2n) is 5.55. The Bertz CT molecular complexity index is 602. The van der Waals surface area contributed by atoms with Gasteiger partial charge in [0.2, 0.25) is 0 Å². The van der Waals surface area contributed by atoms with Gasteiger partial charge in [0.15, 0.2) is 9.84 Å². The van der Waals surface area contributed by atoms with Crippen molar-refractivity contribution in [2.75, 3.05) is 18.8 Å². The lowest BCUT2D eigenvalue weighted by Crippen LogP contribution is -2.41. The third kappa shape index (κ3) is 4.05. The molecular formula is C16H22N2O2S. The van der Waals surface area contributed by atoms with Gasteiger partial charge in [-0.2, -0.15) is 5.26 Å². The monoisotopic (exact) mass is 306 g/mol. The molecule has 0 N–H and O–H groups in total. The van der Waals surface area contributed by atoms with E-state index in [0.29, 0.717) is 23.0 Å². The van der Waals surface area contributed by atoms with E-state index in [0.717, 1.165) is 19.4 Å². The zero-order valence-electron chi connectivity index (χ0n) is 12.5. The number of piperidine rings is 1. The Morgan fingerprint density at radius 1 is 1.29 bits per heavy atom. The molecule has 0 saturated carbocycles. The van der Waals surface area contributed by atoms with Crippen LogP contribution >= 0.6 is 0 Å². The highest BCUT2D eigenvalue weighted by atomic mass is 32.2. The molecule has 1 aliphatic heterocycles. The number of nitriles is 1. The second-order valence-corrected chi connectivity index (χ2v) is 7.66. The fraction of sp³-hybridized carbons (Fsp3) is 0.562. The van der Waals surface area contributed by atoms with Crippen LogP contribution in [0.4, 0.5) is 0 Å². The van der Waals surface area contributed by atoms with E-state index in [-0.39, 0.29) is 5.75 Å². The molecule has 0 amide bonds. The molecular weight excluding hydrogens is 284 g/mol. The molecule has 1 aromatic carbocycles. The topological polar surface area (TPSA) is 61.2 Å². The van der Waals surface area contributed by atoms with Crippen molar-refractivity contribution in [1.29, 1.82) is 5.26 Å². The molecule has 0 bridgehead atoms.